The molecule has 13 heteroatoms. The number of benzene rings is 4. The van der Waals surface area contributed by atoms with Crippen molar-refractivity contribution < 1.29 is 28.5 Å². The van der Waals surface area contributed by atoms with E-state index in [1.165, 1.54) is 0 Å². The summed E-state index contributed by atoms with van der Waals surface area (Å²) >= 11 is 17.7. The van der Waals surface area contributed by atoms with Crippen LogP contribution in [0.25, 0.3) is 21.2 Å². The van der Waals surface area contributed by atoms with Crippen LogP contribution in [0.4, 0.5) is 0 Å². The van der Waals surface area contributed by atoms with Crippen LogP contribution in [0, 0.1) is 5.41 Å². The summed E-state index contributed by atoms with van der Waals surface area (Å²) in [5.41, 5.74) is 11.5. The number of carbonyl (C=O) groups is 1. The van der Waals surface area contributed by atoms with Crippen molar-refractivity contribution in [2.75, 3.05) is 6.61 Å². The molecular weight excluding hydrogens is 655 g/mol. The van der Waals surface area contributed by atoms with E-state index in [2.05, 4.69) is 10.0 Å². The average molecular weight is 684 g/mol. The van der Waals surface area contributed by atoms with Crippen molar-refractivity contribution in [3.05, 3.63) is 130 Å². The molecular formula is C33H29Cl3N4O6. The van der Waals surface area contributed by atoms with Crippen molar-refractivity contribution in [3.63, 3.8) is 0 Å². The van der Waals surface area contributed by atoms with Crippen LogP contribution in [0.2, 0.25) is 0 Å². The molecule has 0 spiro atoms. The quantitative estimate of drug-likeness (QED) is 0.0324. The number of fused-ring (bicyclic) bond motifs is 1. The van der Waals surface area contributed by atoms with Gasteiger partial charge >= 0.3 is 5.97 Å². The van der Waals surface area contributed by atoms with Gasteiger partial charge in [-0.1, -0.05) is 125 Å². The van der Waals surface area contributed by atoms with Gasteiger partial charge in [0, 0.05) is 4.91 Å². The molecule has 5 atom stereocenters. The molecule has 1 aliphatic heterocycles. The van der Waals surface area contributed by atoms with Gasteiger partial charge in [0.1, 0.15) is 24.4 Å². The average Bonchev–Trinajstić information content (AvgIpc) is 3.06. The number of hydrogen-bond donors (Lipinski definition) is 1. The van der Waals surface area contributed by atoms with Gasteiger partial charge in [-0.2, -0.15) is 0 Å². The van der Waals surface area contributed by atoms with E-state index >= 15 is 0 Å². The number of nitrogens with one attached hydrogen (secondary N) is 1. The van der Waals surface area contributed by atoms with E-state index in [4.69, 9.17) is 63.9 Å². The number of rotatable bonds is 11. The Balaban J connectivity index is 1.48. The molecule has 10 nitrogen and oxygen atoms in total. The molecule has 0 saturated carbocycles. The van der Waals surface area contributed by atoms with Crippen molar-refractivity contribution in [3.8, 4) is 0 Å². The number of azide groups is 1. The molecule has 1 fully saturated rings. The maximum absolute atomic E-state index is 13.4. The molecule has 4 aromatic rings. The Kier molecular flexibility index (Phi) is 11.4. The predicted octanol–water partition coefficient (Wildman–Crippen LogP) is 7.94. The maximum Gasteiger partial charge on any atom is 0.338 e. The van der Waals surface area contributed by atoms with Crippen LogP contribution in [0.5, 0.6) is 0 Å². The third kappa shape index (κ3) is 8.69. The number of carbonyl (C=O) groups excluding carboxylic acids is 1. The lowest BCUT2D eigenvalue weighted by molar-refractivity contribution is -0.259. The number of hydrogen-bond acceptors (Lipinski definition) is 8. The topological polar surface area (TPSA) is 136 Å². The summed E-state index contributed by atoms with van der Waals surface area (Å²) in [5, 5.41) is 14.1. The zero-order valence-corrected chi connectivity index (χ0v) is 26.5. The molecule has 0 aromatic heterocycles. The Hall–Kier alpha value is -3.86. The first-order valence-corrected chi connectivity index (χ1v) is 15.4. The van der Waals surface area contributed by atoms with Crippen LogP contribution < -0.4 is 0 Å². The van der Waals surface area contributed by atoms with Crippen LogP contribution in [-0.2, 0) is 36.9 Å². The van der Waals surface area contributed by atoms with Gasteiger partial charge in [-0.25, -0.2) is 4.79 Å². The van der Waals surface area contributed by atoms with Crippen LogP contribution in [0.3, 0.4) is 0 Å². The number of ether oxygens (including phenoxy) is 5. The van der Waals surface area contributed by atoms with E-state index in [0.717, 1.165) is 21.9 Å². The van der Waals surface area contributed by atoms with E-state index in [9.17, 15) is 10.3 Å². The van der Waals surface area contributed by atoms with Gasteiger partial charge in [-0.15, -0.1) is 0 Å². The Morgan fingerprint density at radius 1 is 0.848 bits per heavy atom. The third-order valence-electron chi connectivity index (χ3n) is 7.19. The van der Waals surface area contributed by atoms with Crippen LogP contribution in [0.1, 0.15) is 21.5 Å². The molecule has 1 aliphatic rings. The fourth-order valence-corrected chi connectivity index (χ4v) is 5.11. The van der Waals surface area contributed by atoms with Gasteiger partial charge in [0.05, 0.1) is 25.4 Å². The van der Waals surface area contributed by atoms with Gasteiger partial charge in [-0.3, -0.25) is 5.41 Å². The fraction of sp³-hybridized carbons (Fsp3) is 0.273. The number of nitrogens with zero attached hydrogens (tertiary/aromatic N) is 3. The van der Waals surface area contributed by atoms with Gasteiger partial charge in [0.15, 0.2) is 0 Å². The van der Waals surface area contributed by atoms with E-state index in [1.54, 1.807) is 30.3 Å². The van der Waals surface area contributed by atoms with Crippen molar-refractivity contribution in [2.45, 2.75) is 47.7 Å². The molecule has 1 N–H and O–H groups in total. The lowest BCUT2D eigenvalue weighted by atomic mass is 9.96. The normalized spacial score (nSPS) is 21.2. The maximum atomic E-state index is 13.4. The fourth-order valence-electron chi connectivity index (χ4n) is 4.98. The molecule has 0 radical (unpaired) electrons. The second-order valence-corrected chi connectivity index (χ2v) is 12.7. The Bertz CT molecular complexity index is 1690. The van der Waals surface area contributed by atoms with Crippen molar-refractivity contribution >= 4 is 57.4 Å². The first-order chi connectivity index (χ1) is 22.2. The highest BCUT2D eigenvalue weighted by Crippen LogP contribution is 2.34. The van der Waals surface area contributed by atoms with Gasteiger partial charge in [0.25, 0.3) is 3.79 Å². The summed E-state index contributed by atoms with van der Waals surface area (Å²) in [6.45, 7) is 0.272. The van der Waals surface area contributed by atoms with Gasteiger partial charge < -0.3 is 23.7 Å². The van der Waals surface area contributed by atoms with E-state index in [-0.39, 0.29) is 25.4 Å². The summed E-state index contributed by atoms with van der Waals surface area (Å²) in [6, 6.07) is 30.3. The molecule has 46 heavy (non-hydrogen) atoms. The SMILES string of the molecule is [N-]=[N+]=N[C@H]1C(OC(=N)C(Cl)(Cl)Cl)O[C@H](COCc2ccccc2)[C@@H](OCc2ccc3ccccc3c2)[C@@H]1OC(=O)c1ccccc1. The molecule has 1 saturated heterocycles. The number of halogens is 3. The summed E-state index contributed by atoms with van der Waals surface area (Å²) < 4.78 is 28.0. The van der Waals surface area contributed by atoms with E-state index < -0.39 is 46.3 Å². The van der Waals surface area contributed by atoms with Crippen LogP contribution >= 0.6 is 34.8 Å². The second kappa shape index (κ2) is 15.6. The monoisotopic (exact) mass is 682 g/mol. The minimum absolute atomic E-state index is 0.0549. The summed E-state index contributed by atoms with van der Waals surface area (Å²) in [5.74, 6) is -1.49. The summed E-state index contributed by atoms with van der Waals surface area (Å²) in [7, 11) is 0. The zero-order valence-electron chi connectivity index (χ0n) is 24.2. The van der Waals surface area contributed by atoms with Crippen molar-refractivity contribution in [1.82, 2.24) is 0 Å². The van der Waals surface area contributed by atoms with Crippen molar-refractivity contribution in [1.29, 1.82) is 5.41 Å². The highest BCUT2D eigenvalue weighted by Gasteiger charge is 2.51. The van der Waals surface area contributed by atoms with Gasteiger partial charge in [-0.05, 0) is 45.6 Å². The lowest BCUT2D eigenvalue weighted by Crippen LogP contribution is -2.61. The minimum atomic E-state index is -2.25. The van der Waals surface area contributed by atoms with Crippen LogP contribution in [-0.4, -0.2) is 52.9 Å². The Labute approximate surface area is 280 Å². The third-order valence-corrected chi connectivity index (χ3v) is 7.71. The lowest BCUT2D eigenvalue weighted by Gasteiger charge is -2.44. The molecule has 0 amide bonds. The van der Waals surface area contributed by atoms with Crippen molar-refractivity contribution in [2.24, 2.45) is 5.11 Å². The van der Waals surface area contributed by atoms with E-state index in [1.807, 2.05) is 72.8 Å². The first-order valence-electron chi connectivity index (χ1n) is 14.2. The van der Waals surface area contributed by atoms with Gasteiger partial charge in [0.2, 0.25) is 12.2 Å². The summed E-state index contributed by atoms with van der Waals surface area (Å²) in [4.78, 5) is 16.3. The van der Waals surface area contributed by atoms with E-state index in [0.29, 0.717) is 0 Å². The molecule has 4 aromatic carbocycles. The smallest absolute Gasteiger partial charge is 0.338 e. The second-order valence-electron chi connectivity index (χ2n) is 10.4. The zero-order chi connectivity index (χ0) is 32.5. The molecule has 5 rings (SSSR count). The minimum Gasteiger partial charge on any atom is -0.455 e. The highest BCUT2D eigenvalue weighted by atomic mass is 35.6. The first kappa shape index (κ1) is 33.5. The molecule has 0 bridgehead atoms. The largest absolute Gasteiger partial charge is 0.455 e. The Morgan fingerprint density at radius 3 is 2.22 bits per heavy atom. The Morgan fingerprint density at radius 2 is 1.52 bits per heavy atom. The number of esters is 1. The molecule has 0 aliphatic carbocycles. The summed E-state index contributed by atoms with van der Waals surface area (Å²) in [6.07, 6.45) is -4.74. The number of alkyl halides is 3. The predicted molar refractivity (Wildman–Crippen MR) is 175 cm³/mol. The highest BCUT2D eigenvalue weighted by molar-refractivity contribution is 6.76. The standard InChI is InChI=1S/C33H29Cl3N4O6/c34-33(35,36)32(37)46-31-27(39-40-38)29(45-30(41)24-12-5-2-6-13-24)28(26(44-31)20-42-18-21-9-3-1-4-10-21)43-19-22-15-16-23-11-7-8-14-25(23)17-22/h1-17,26-29,31,37H,18-20H2/t26-,27-,28-,29-,31?/m1/s1. The molecule has 1 unspecified atom stereocenters. The van der Waals surface area contributed by atoms with Crippen LogP contribution in [0.15, 0.2) is 108 Å². The molecule has 1 heterocycles. The molecule has 238 valence electrons.